The Morgan fingerprint density at radius 1 is 1.47 bits per heavy atom. The van der Waals surface area contributed by atoms with E-state index >= 15 is 0 Å². The minimum absolute atomic E-state index is 0.000648. The summed E-state index contributed by atoms with van der Waals surface area (Å²) in [5.41, 5.74) is -0.00124. The first-order valence-corrected chi connectivity index (χ1v) is 5.73. The number of aliphatic hydroxyl groups is 1. The Labute approximate surface area is 99.1 Å². The summed E-state index contributed by atoms with van der Waals surface area (Å²) in [4.78, 5) is 4.27. The molecule has 0 fully saturated rings. The van der Waals surface area contributed by atoms with Crippen LogP contribution >= 0.6 is 15.9 Å². The van der Waals surface area contributed by atoms with Crippen molar-refractivity contribution in [2.24, 2.45) is 5.41 Å². The molecule has 84 valence electrons. The molecule has 0 aliphatic carbocycles. The highest BCUT2D eigenvalue weighted by Crippen LogP contribution is 2.22. The summed E-state index contributed by atoms with van der Waals surface area (Å²) in [7, 11) is 0. The minimum atomic E-state index is -0.00124. The van der Waals surface area contributed by atoms with Gasteiger partial charge in [-0.05, 0) is 33.5 Å². The van der Waals surface area contributed by atoms with Crippen LogP contribution in [0, 0.1) is 5.41 Å². The van der Waals surface area contributed by atoms with Crippen LogP contribution in [-0.4, -0.2) is 22.7 Å². The summed E-state index contributed by atoms with van der Waals surface area (Å²) in [6.45, 7) is 6.34. The number of anilines is 1. The molecule has 3 nitrogen and oxygen atoms in total. The van der Waals surface area contributed by atoms with Gasteiger partial charge in [0.2, 0.25) is 0 Å². The van der Waals surface area contributed by atoms with Gasteiger partial charge >= 0.3 is 0 Å². The number of hydrogen-bond acceptors (Lipinski definition) is 3. The Hall–Kier alpha value is -0.610. The molecule has 2 N–H and O–H groups in total. The van der Waals surface area contributed by atoms with E-state index in [2.05, 4.69) is 47.0 Å². The van der Waals surface area contributed by atoms with Crippen molar-refractivity contribution in [3.63, 3.8) is 0 Å². The molecule has 1 aromatic heterocycles. The van der Waals surface area contributed by atoms with E-state index in [9.17, 15) is 5.11 Å². The Bertz CT molecular complexity index is 323. The topological polar surface area (TPSA) is 45.1 Å². The largest absolute Gasteiger partial charge is 0.394 e. The second-order valence-corrected chi connectivity index (χ2v) is 5.40. The van der Waals surface area contributed by atoms with Crippen molar-refractivity contribution in [2.45, 2.75) is 26.8 Å². The standard InChI is InChI=1S/C11H17BrN2O/c1-11(2,3)8(7-15)13-10-6-4-5-9(12)14-10/h4-6,8,15H,7H2,1-3H3,(H,13,14). The van der Waals surface area contributed by atoms with Gasteiger partial charge in [0, 0.05) is 0 Å². The van der Waals surface area contributed by atoms with Crippen LogP contribution in [0.3, 0.4) is 0 Å². The van der Waals surface area contributed by atoms with Crippen molar-refractivity contribution in [2.75, 3.05) is 11.9 Å². The zero-order valence-electron chi connectivity index (χ0n) is 9.29. The monoisotopic (exact) mass is 272 g/mol. The fraction of sp³-hybridized carbons (Fsp3) is 0.545. The van der Waals surface area contributed by atoms with Crippen molar-refractivity contribution in [3.8, 4) is 0 Å². The van der Waals surface area contributed by atoms with Gasteiger partial charge in [-0.3, -0.25) is 0 Å². The lowest BCUT2D eigenvalue weighted by Gasteiger charge is -2.30. The minimum Gasteiger partial charge on any atom is -0.394 e. The van der Waals surface area contributed by atoms with Crippen LogP contribution in [0.2, 0.25) is 0 Å². The molecule has 0 spiro atoms. The molecular formula is C11H17BrN2O. The van der Waals surface area contributed by atoms with Gasteiger partial charge in [0.05, 0.1) is 12.6 Å². The van der Waals surface area contributed by atoms with Gasteiger partial charge in [0.25, 0.3) is 0 Å². The van der Waals surface area contributed by atoms with Gasteiger partial charge in [-0.1, -0.05) is 26.8 Å². The summed E-state index contributed by atoms with van der Waals surface area (Å²) in [5.74, 6) is 0.776. The number of pyridine rings is 1. The first kappa shape index (κ1) is 12.5. The molecule has 0 aromatic carbocycles. The third-order valence-electron chi connectivity index (χ3n) is 2.27. The van der Waals surface area contributed by atoms with Crippen LogP contribution in [0.25, 0.3) is 0 Å². The quantitative estimate of drug-likeness (QED) is 0.832. The molecule has 1 unspecified atom stereocenters. The summed E-state index contributed by atoms with van der Waals surface area (Å²) in [6.07, 6.45) is 0. The third-order valence-corrected chi connectivity index (χ3v) is 2.71. The fourth-order valence-electron chi connectivity index (χ4n) is 1.20. The third kappa shape index (κ3) is 3.80. The Morgan fingerprint density at radius 3 is 2.60 bits per heavy atom. The number of hydrogen-bond donors (Lipinski definition) is 2. The molecule has 0 aliphatic heterocycles. The molecule has 0 bridgehead atoms. The van der Waals surface area contributed by atoms with E-state index in [1.807, 2.05) is 18.2 Å². The first-order chi connectivity index (χ1) is 6.93. The summed E-state index contributed by atoms with van der Waals surface area (Å²) in [6, 6.07) is 5.67. The van der Waals surface area contributed by atoms with Crippen molar-refractivity contribution in [3.05, 3.63) is 22.8 Å². The van der Waals surface area contributed by atoms with Crippen molar-refractivity contribution < 1.29 is 5.11 Å². The number of nitrogens with one attached hydrogen (secondary N) is 1. The average Bonchev–Trinajstić information content (AvgIpc) is 2.12. The lowest BCUT2D eigenvalue weighted by Crippen LogP contribution is -2.37. The molecule has 1 rings (SSSR count). The molecule has 0 saturated heterocycles. The van der Waals surface area contributed by atoms with E-state index in [4.69, 9.17) is 0 Å². The average molecular weight is 273 g/mol. The van der Waals surface area contributed by atoms with Crippen LogP contribution in [0.1, 0.15) is 20.8 Å². The van der Waals surface area contributed by atoms with Crippen molar-refractivity contribution >= 4 is 21.7 Å². The number of halogens is 1. The van der Waals surface area contributed by atoms with Crippen LogP contribution in [0.4, 0.5) is 5.82 Å². The molecule has 15 heavy (non-hydrogen) atoms. The molecule has 0 amide bonds. The highest BCUT2D eigenvalue weighted by atomic mass is 79.9. The van der Waals surface area contributed by atoms with Crippen LogP contribution in [-0.2, 0) is 0 Å². The highest BCUT2D eigenvalue weighted by Gasteiger charge is 2.23. The van der Waals surface area contributed by atoms with Gasteiger partial charge in [-0.15, -0.1) is 0 Å². The van der Waals surface area contributed by atoms with E-state index in [1.165, 1.54) is 0 Å². The van der Waals surface area contributed by atoms with E-state index in [-0.39, 0.29) is 18.1 Å². The SMILES string of the molecule is CC(C)(C)C(CO)Nc1cccc(Br)n1. The van der Waals surface area contributed by atoms with Gasteiger partial charge in [0.15, 0.2) is 0 Å². The second-order valence-electron chi connectivity index (χ2n) is 4.59. The van der Waals surface area contributed by atoms with Crippen LogP contribution in [0.5, 0.6) is 0 Å². The lowest BCUT2D eigenvalue weighted by atomic mass is 9.87. The Kier molecular flexibility index (Phi) is 4.11. The van der Waals surface area contributed by atoms with Crippen molar-refractivity contribution in [1.29, 1.82) is 0 Å². The zero-order valence-corrected chi connectivity index (χ0v) is 10.9. The number of rotatable bonds is 3. The van der Waals surface area contributed by atoms with Crippen LogP contribution < -0.4 is 5.32 Å². The molecule has 0 radical (unpaired) electrons. The molecule has 0 saturated carbocycles. The smallest absolute Gasteiger partial charge is 0.127 e. The predicted octanol–water partition coefficient (Wildman–Crippen LogP) is 2.66. The normalized spacial score (nSPS) is 13.7. The maximum Gasteiger partial charge on any atom is 0.127 e. The number of aliphatic hydroxyl groups excluding tert-OH is 1. The van der Waals surface area contributed by atoms with Gasteiger partial charge in [-0.25, -0.2) is 4.98 Å². The number of nitrogens with zero attached hydrogens (tertiary/aromatic N) is 1. The van der Waals surface area contributed by atoms with E-state index in [0.29, 0.717) is 0 Å². The maximum atomic E-state index is 9.29. The molecule has 1 atom stereocenters. The van der Waals surface area contributed by atoms with E-state index in [0.717, 1.165) is 10.4 Å². The van der Waals surface area contributed by atoms with Gasteiger partial charge < -0.3 is 10.4 Å². The summed E-state index contributed by atoms with van der Waals surface area (Å²) in [5, 5.41) is 12.5. The van der Waals surface area contributed by atoms with E-state index in [1.54, 1.807) is 0 Å². The van der Waals surface area contributed by atoms with Crippen LogP contribution in [0.15, 0.2) is 22.8 Å². The predicted molar refractivity (Wildman–Crippen MR) is 65.9 cm³/mol. The van der Waals surface area contributed by atoms with Gasteiger partial charge in [-0.2, -0.15) is 0 Å². The fourth-order valence-corrected chi connectivity index (χ4v) is 1.55. The highest BCUT2D eigenvalue weighted by molar-refractivity contribution is 9.10. The van der Waals surface area contributed by atoms with E-state index < -0.39 is 0 Å². The number of aromatic nitrogens is 1. The lowest BCUT2D eigenvalue weighted by molar-refractivity contribution is 0.201. The van der Waals surface area contributed by atoms with Gasteiger partial charge in [0.1, 0.15) is 10.4 Å². The molecule has 4 heteroatoms. The second kappa shape index (κ2) is 4.94. The zero-order chi connectivity index (χ0) is 11.5. The van der Waals surface area contributed by atoms with Crippen molar-refractivity contribution in [1.82, 2.24) is 4.98 Å². The Balaban J connectivity index is 2.76. The summed E-state index contributed by atoms with van der Waals surface area (Å²) >= 11 is 3.31. The Morgan fingerprint density at radius 2 is 2.13 bits per heavy atom. The molecule has 0 aliphatic rings. The molecule has 1 aromatic rings. The summed E-state index contributed by atoms with van der Waals surface area (Å²) < 4.78 is 0.790. The molecular weight excluding hydrogens is 256 g/mol. The molecule has 1 heterocycles. The maximum absolute atomic E-state index is 9.29. The first-order valence-electron chi connectivity index (χ1n) is 4.93.